The molecule has 0 radical (unpaired) electrons. The van der Waals surface area contributed by atoms with Crippen LogP contribution < -0.4 is 0 Å². The van der Waals surface area contributed by atoms with Gasteiger partial charge in [-0.15, -0.1) is 0 Å². The average Bonchev–Trinajstić information content (AvgIpc) is 2.08. The maximum atomic E-state index is 13.0. The maximum absolute atomic E-state index is 13.0. The standard InChI is InChI=1S/C9H6BrF3O/c1-4(14)6-2-5(9(12)13)3-7(11)8(6)10/h2-3,9H,1H3. The average molecular weight is 267 g/mol. The summed E-state index contributed by atoms with van der Waals surface area (Å²) in [7, 11) is 0. The fourth-order valence-electron chi connectivity index (χ4n) is 0.992. The van der Waals surface area contributed by atoms with Gasteiger partial charge in [-0.05, 0) is 35.0 Å². The largest absolute Gasteiger partial charge is 0.294 e. The van der Waals surface area contributed by atoms with Gasteiger partial charge in [-0.1, -0.05) is 0 Å². The molecule has 0 saturated heterocycles. The summed E-state index contributed by atoms with van der Waals surface area (Å²) in [6, 6.07) is 1.70. The third kappa shape index (κ3) is 2.15. The second kappa shape index (κ2) is 4.13. The Balaban J connectivity index is 3.35. The minimum Gasteiger partial charge on any atom is -0.294 e. The molecule has 0 atom stereocenters. The van der Waals surface area contributed by atoms with Gasteiger partial charge in [0, 0.05) is 11.1 Å². The van der Waals surface area contributed by atoms with E-state index < -0.39 is 23.6 Å². The van der Waals surface area contributed by atoms with E-state index in [1.165, 1.54) is 6.92 Å². The van der Waals surface area contributed by atoms with E-state index in [-0.39, 0.29) is 10.0 Å². The zero-order chi connectivity index (χ0) is 10.9. The number of hydrogen-bond acceptors (Lipinski definition) is 1. The lowest BCUT2D eigenvalue weighted by atomic mass is 10.1. The summed E-state index contributed by atoms with van der Waals surface area (Å²) in [5, 5.41) is 0. The van der Waals surface area contributed by atoms with Crippen molar-refractivity contribution in [3.63, 3.8) is 0 Å². The van der Waals surface area contributed by atoms with Crippen molar-refractivity contribution in [1.29, 1.82) is 0 Å². The zero-order valence-electron chi connectivity index (χ0n) is 7.15. The highest BCUT2D eigenvalue weighted by Crippen LogP contribution is 2.27. The second-order valence-corrected chi connectivity index (χ2v) is 3.51. The zero-order valence-corrected chi connectivity index (χ0v) is 8.74. The van der Waals surface area contributed by atoms with Gasteiger partial charge in [-0.25, -0.2) is 13.2 Å². The first-order chi connectivity index (χ1) is 6.43. The van der Waals surface area contributed by atoms with E-state index in [9.17, 15) is 18.0 Å². The van der Waals surface area contributed by atoms with Gasteiger partial charge in [0.2, 0.25) is 0 Å². The Labute approximate surface area is 87.1 Å². The lowest BCUT2D eigenvalue weighted by Crippen LogP contribution is -1.99. The first kappa shape index (κ1) is 11.2. The monoisotopic (exact) mass is 266 g/mol. The van der Waals surface area contributed by atoms with Crippen LogP contribution >= 0.6 is 15.9 Å². The van der Waals surface area contributed by atoms with Crippen LogP contribution in [-0.4, -0.2) is 5.78 Å². The van der Waals surface area contributed by atoms with Gasteiger partial charge in [0.1, 0.15) is 5.82 Å². The number of alkyl halides is 2. The molecule has 1 rings (SSSR count). The number of ketones is 1. The molecule has 0 aliphatic rings. The third-order valence-electron chi connectivity index (χ3n) is 1.68. The van der Waals surface area contributed by atoms with Gasteiger partial charge in [0.05, 0.1) is 4.47 Å². The van der Waals surface area contributed by atoms with E-state index in [0.717, 1.165) is 6.07 Å². The van der Waals surface area contributed by atoms with Crippen molar-refractivity contribution in [2.45, 2.75) is 13.3 Å². The fraction of sp³-hybridized carbons (Fsp3) is 0.222. The highest BCUT2D eigenvalue weighted by molar-refractivity contribution is 9.10. The SMILES string of the molecule is CC(=O)c1cc(C(F)F)cc(F)c1Br. The molecule has 0 aliphatic heterocycles. The Morgan fingerprint density at radius 1 is 1.43 bits per heavy atom. The minimum atomic E-state index is -2.78. The van der Waals surface area contributed by atoms with Crippen molar-refractivity contribution in [1.82, 2.24) is 0 Å². The minimum absolute atomic E-state index is 0.0692. The summed E-state index contributed by atoms with van der Waals surface area (Å²) >= 11 is 2.82. The molecule has 5 heteroatoms. The van der Waals surface area contributed by atoms with Crippen molar-refractivity contribution in [3.05, 3.63) is 33.5 Å². The van der Waals surface area contributed by atoms with E-state index in [1.54, 1.807) is 0 Å². The van der Waals surface area contributed by atoms with Crippen molar-refractivity contribution < 1.29 is 18.0 Å². The number of halogens is 4. The van der Waals surface area contributed by atoms with Crippen LogP contribution in [0.2, 0.25) is 0 Å². The van der Waals surface area contributed by atoms with E-state index >= 15 is 0 Å². The summed E-state index contributed by atoms with van der Waals surface area (Å²) < 4.78 is 37.4. The smallest absolute Gasteiger partial charge is 0.263 e. The van der Waals surface area contributed by atoms with Crippen LogP contribution in [0.15, 0.2) is 16.6 Å². The van der Waals surface area contributed by atoms with Crippen molar-refractivity contribution in [2.24, 2.45) is 0 Å². The van der Waals surface area contributed by atoms with Gasteiger partial charge in [-0.2, -0.15) is 0 Å². The van der Waals surface area contributed by atoms with Crippen LogP contribution in [0, 0.1) is 5.82 Å². The topological polar surface area (TPSA) is 17.1 Å². The Hall–Kier alpha value is -0.840. The molecule has 0 bridgehead atoms. The van der Waals surface area contributed by atoms with Gasteiger partial charge < -0.3 is 0 Å². The van der Waals surface area contributed by atoms with Crippen LogP contribution in [0.1, 0.15) is 29.3 Å². The van der Waals surface area contributed by atoms with Crippen LogP contribution in [0.25, 0.3) is 0 Å². The molecule has 0 spiro atoms. The predicted octanol–water partition coefficient (Wildman–Crippen LogP) is 3.73. The van der Waals surface area contributed by atoms with Crippen LogP contribution in [0.5, 0.6) is 0 Å². The number of carbonyl (C=O) groups is 1. The Morgan fingerprint density at radius 3 is 2.43 bits per heavy atom. The number of Topliss-reactive ketones (excluding diaryl/α,β-unsaturated/α-hetero) is 1. The molecule has 0 saturated carbocycles. The van der Waals surface area contributed by atoms with Gasteiger partial charge >= 0.3 is 0 Å². The second-order valence-electron chi connectivity index (χ2n) is 2.72. The lowest BCUT2D eigenvalue weighted by Gasteiger charge is -2.05. The number of hydrogen-bond donors (Lipinski definition) is 0. The van der Waals surface area contributed by atoms with Gasteiger partial charge in [0.15, 0.2) is 5.78 Å². The first-order valence-electron chi connectivity index (χ1n) is 3.71. The highest BCUT2D eigenvalue weighted by atomic mass is 79.9. The summed E-state index contributed by atoms with van der Waals surface area (Å²) in [4.78, 5) is 11.0. The molecule has 1 aromatic rings. The molecule has 1 aromatic carbocycles. The highest BCUT2D eigenvalue weighted by Gasteiger charge is 2.16. The van der Waals surface area contributed by atoms with Crippen LogP contribution in [0.3, 0.4) is 0 Å². The van der Waals surface area contributed by atoms with Crippen molar-refractivity contribution in [2.75, 3.05) is 0 Å². The van der Waals surface area contributed by atoms with Crippen LogP contribution in [0.4, 0.5) is 13.2 Å². The molecular weight excluding hydrogens is 261 g/mol. The normalized spacial score (nSPS) is 10.7. The molecule has 14 heavy (non-hydrogen) atoms. The van der Waals surface area contributed by atoms with E-state index in [1.807, 2.05) is 0 Å². The molecule has 1 nitrogen and oxygen atoms in total. The van der Waals surface area contributed by atoms with Crippen molar-refractivity contribution >= 4 is 21.7 Å². The van der Waals surface area contributed by atoms with Crippen molar-refractivity contribution in [3.8, 4) is 0 Å². The molecule has 0 aromatic heterocycles. The molecule has 76 valence electrons. The van der Waals surface area contributed by atoms with Gasteiger partial charge in [-0.3, -0.25) is 4.79 Å². The Morgan fingerprint density at radius 2 is 2.00 bits per heavy atom. The quantitative estimate of drug-likeness (QED) is 0.746. The first-order valence-corrected chi connectivity index (χ1v) is 4.50. The predicted molar refractivity (Wildman–Crippen MR) is 49.1 cm³/mol. The molecule has 0 aliphatic carbocycles. The molecular formula is C9H6BrF3O. The summed E-state index contributed by atoms with van der Waals surface area (Å²) in [5.74, 6) is -1.31. The Bertz CT molecular complexity index is 377. The van der Waals surface area contributed by atoms with E-state index in [0.29, 0.717) is 6.07 Å². The molecule has 0 amide bonds. The summed E-state index contributed by atoms with van der Waals surface area (Å²) in [5.41, 5.74) is -0.559. The fourth-order valence-corrected chi connectivity index (χ4v) is 1.50. The van der Waals surface area contributed by atoms with Gasteiger partial charge in [0.25, 0.3) is 6.43 Å². The third-order valence-corrected chi connectivity index (χ3v) is 2.49. The Kier molecular flexibility index (Phi) is 3.31. The molecule has 0 unspecified atom stereocenters. The van der Waals surface area contributed by atoms with E-state index in [4.69, 9.17) is 0 Å². The number of carbonyl (C=O) groups excluding carboxylic acids is 1. The maximum Gasteiger partial charge on any atom is 0.263 e. The van der Waals surface area contributed by atoms with E-state index in [2.05, 4.69) is 15.9 Å². The number of benzene rings is 1. The van der Waals surface area contributed by atoms with Crippen LogP contribution in [-0.2, 0) is 0 Å². The number of rotatable bonds is 2. The molecule has 0 heterocycles. The lowest BCUT2D eigenvalue weighted by molar-refractivity contribution is 0.101. The summed E-state index contributed by atoms with van der Waals surface area (Å²) in [6.07, 6.45) is -2.78. The molecule has 0 N–H and O–H groups in total. The summed E-state index contributed by atoms with van der Waals surface area (Å²) in [6.45, 7) is 1.19. The molecule has 0 fully saturated rings.